The molecule has 0 aliphatic heterocycles. The van der Waals surface area contributed by atoms with Crippen molar-refractivity contribution in [3.63, 3.8) is 0 Å². The highest BCUT2D eigenvalue weighted by molar-refractivity contribution is 4.83. The molecule has 0 rings (SSSR count). The zero-order valence-corrected chi connectivity index (χ0v) is 13.3. The fourth-order valence-corrected chi connectivity index (χ4v) is 2.22. The van der Waals surface area contributed by atoms with Gasteiger partial charge in [0, 0.05) is 18.6 Å². The summed E-state index contributed by atoms with van der Waals surface area (Å²) in [5.74, 6) is 0.777. The van der Waals surface area contributed by atoms with Crippen molar-refractivity contribution in [2.24, 2.45) is 11.3 Å². The Morgan fingerprint density at radius 3 is 2.00 bits per heavy atom. The van der Waals surface area contributed by atoms with Gasteiger partial charge in [0.25, 0.3) is 0 Å². The predicted octanol–water partition coefficient (Wildman–Crippen LogP) is 3.38. The molecule has 0 fully saturated rings. The van der Waals surface area contributed by atoms with Crippen molar-refractivity contribution < 1.29 is 0 Å². The highest BCUT2D eigenvalue weighted by Gasteiger charge is 2.26. The highest BCUT2D eigenvalue weighted by Crippen LogP contribution is 2.21. The molecule has 0 spiro atoms. The van der Waals surface area contributed by atoms with Crippen LogP contribution in [0.3, 0.4) is 0 Å². The van der Waals surface area contributed by atoms with E-state index in [1.165, 1.54) is 6.42 Å². The first-order valence-corrected chi connectivity index (χ1v) is 7.12. The maximum atomic E-state index is 3.62. The van der Waals surface area contributed by atoms with E-state index in [-0.39, 0.29) is 0 Å². The monoisotopic (exact) mass is 242 g/mol. The van der Waals surface area contributed by atoms with Gasteiger partial charge in [-0.2, -0.15) is 0 Å². The molecule has 2 nitrogen and oxygen atoms in total. The van der Waals surface area contributed by atoms with Crippen LogP contribution in [0.4, 0.5) is 0 Å². The van der Waals surface area contributed by atoms with E-state index in [1.807, 2.05) is 0 Å². The second kappa shape index (κ2) is 7.38. The normalized spacial score (nSPS) is 16.6. The summed E-state index contributed by atoms with van der Waals surface area (Å²) in [6.07, 6.45) is 1.28. The lowest BCUT2D eigenvalue weighted by molar-refractivity contribution is 0.155. The molecule has 0 aromatic rings. The van der Waals surface area contributed by atoms with Crippen LogP contribution in [0.1, 0.15) is 54.9 Å². The summed E-state index contributed by atoms with van der Waals surface area (Å²) >= 11 is 0. The van der Waals surface area contributed by atoms with Gasteiger partial charge in [-0.15, -0.1) is 0 Å². The largest absolute Gasteiger partial charge is 0.312 e. The first-order chi connectivity index (χ1) is 7.68. The minimum absolute atomic E-state index is 0.321. The van der Waals surface area contributed by atoms with Gasteiger partial charge in [-0.25, -0.2) is 0 Å². The fourth-order valence-electron chi connectivity index (χ4n) is 2.22. The molecule has 2 unspecified atom stereocenters. The summed E-state index contributed by atoms with van der Waals surface area (Å²) < 4.78 is 0. The summed E-state index contributed by atoms with van der Waals surface area (Å²) in [6, 6.07) is 1.23. The predicted molar refractivity (Wildman–Crippen MR) is 78.5 cm³/mol. The van der Waals surface area contributed by atoms with Crippen molar-refractivity contribution in [3.05, 3.63) is 0 Å². The number of hydrogen-bond acceptors (Lipinski definition) is 2. The van der Waals surface area contributed by atoms with E-state index in [2.05, 4.69) is 65.7 Å². The second-order valence-corrected chi connectivity index (χ2v) is 6.89. The number of likely N-dealkylation sites (N-methyl/N-ethyl adjacent to an activating group) is 2. The van der Waals surface area contributed by atoms with Crippen molar-refractivity contribution in [1.82, 2.24) is 10.2 Å². The summed E-state index contributed by atoms with van der Waals surface area (Å²) in [7, 11) is 2.25. The van der Waals surface area contributed by atoms with Gasteiger partial charge >= 0.3 is 0 Å². The van der Waals surface area contributed by atoms with E-state index in [0.717, 1.165) is 19.0 Å². The molecule has 0 heterocycles. The van der Waals surface area contributed by atoms with Gasteiger partial charge in [-0.3, -0.25) is 0 Å². The molecule has 2 heteroatoms. The minimum Gasteiger partial charge on any atom is -0.312 e. The number of hydrogen-bond donors (Lipinski definition) is 1. The van der Waals surface area contributed by atoms with E-state index >= 15 is 0 Å². The van der Waals surface area contributed by atoms with Crippen LogP contribution in [0.2, 0.25) is 0 Å². The van der Waals surface area contributed by atoms with Crippen LogP contribution in [-0.4, -0.2) is 37.1 Å². The van der Waals surface area contributed by atoms with Crippen molar-refractivity contribution in [3.8, 4) is 0 Å². The molecule has 0 aromatic carbocycles. The van der Waals surface area contributed by atoms with Crippen LogP contribution in [-0.2, 0) is 0 Å². The Bertz CT molecular complexity index is 194. The van der Waals surface area contributed by atoms with Crippen molar-refractivity contribution >= 4 is 0 Å². The molecule has 0 radical (unpaired) electrons. The lowest BCUT2D eigenvalue weighted by Gasteiger charge is -2.37. The SMILES string of the molecule is CCNC(CN(C)C(C)CC(C)C)C(C)(C)C. The van der Waals surface area contributed by atoms with Gasteiger partial charge in [0.2, 0.25) is 0 Å². The second-order valence-electron chi connectivity index (χ2n) is 6.89. The molecule has 104 valence electrons. The molecule has 1 N–H and O–H groups in total. The standard InChI is InChI=1S/C15H34N2/c1-9-16-14(15(5,6)7)11-17(8)13(4)10-12(2)3/h12-14,16H,9-11H2,1-8H3. The Labute approximate surface area is 109 Å². The third-order valence-electron chi connectivity index (χ3n) is 3.53. The first-order valence-electron chi connectivity index (χ1n) is 7.12. The molecular weight excluding hydrogens is 208 g/mol. The van der Waals surface area contributed by atoms with Crippen LogP contribution in [0.15, 0.2) is 0 Å². The summed E-state index contributed by atoms with van der Waals surface area (Å²) in [4.78, 5) is 2.50. The average molecular weight is 242 g/mol. The molecule has 0 saturated carbocycles. The maximum absolute atomic E-state index is 3.62. The van der Waals surface area contributed by atoms with Crippen LogP contribution < -0.4 is 5.32 Å². The van der Waals surface area contributed by atoms with Crippen LogP contribution in [0, 0.1) is 11.3 Å². The van der Waals surface area contributed by atoms with Gasteiger partial charge in [0.05, 0.1) is 0 Å². The molecule has 0 saturated heterocycles. The van der Waals surface area contributed by atoms with E-state index in [0.29, 0.717) is 17.5 Å². The van der Waals surface area contributed by atoms with Gasteiger partial charge in [0.15, 0.2) is 0 Å². The quantitative estimate of drug-likeness (QED) is 0.736. The van der Waals surface area contributed by atoms with E-state index in [1.54, 1.807) is 0 Å². The Balaban J connectivity index is 4.34. The minimum atomic E-state index is 0.321. The average Bonchev–Trinajstić information content (AvgIpc) is 2.14. The summed E-state index contributed by atoms with van der Waals surface area (Å²) in [6.45, 7) is 18.3. The van der Waals surface area contributed by atoms with Gasteiger partial charge < -0.3 is 10.2 Å². The van der Waals surface area contributed by atoms with Crippen molar-refractivity contribution in [2.75, 3.05) is 20.1 Å². The van der Waals surface area contributed by atoms with Crippen LogP contribution in [0.25, 0.3) is 0 Å². The summed E-state index contributed by atoms with van der Waals surface area (Å²) in [5, 5.41) is 3.62. The van der Waals surface area contributed by atoms with Gasteiger partial charge in [-0.1, -0.05) is 41.5 Å². The lowest BCUT2D eigenvalue weighted by atomic mass is 9.86. The first kappa shape index (κ1) is 16.9. The highest BCUT2D eigenvalue weighted by atomic mass is 15.2. The number of rotatable bonds is 7. The Hall–Kier alpha value is -0.0800. The van der Waals surface area contributed by atoms with Crippen molar-refractivity contribution in [1.29, 1.82) is 0 Å². The van der Waals surface area contributed by atoms with E-state index in [4.69, 9.17) is 0 Å². The molecule has 17 heavy (non-hydrogen) atoms. The molecular formula is C15H34N2. The number of nitrogens with one attached hydrogen (secondary N) is 1. The lowest BCUT2D eigenvalue weighted by Crippen LogP contribution is -2.49. The molecule has 0 bridgehead atoms. The molecule has 0 aliphatic rings. The molecule has 0 aliphatic carbocycles. The zero-order valence-electron chi connectivity index (χ0n) is 13.3. The number of nitrogens with zero attached hydrogens (tertiary/aromatic N) is 1. The molecule has 2 atom stereocenters. The van der Waals surface area contributed by atoms with E-state index < -0.39 is 0 Å². The van der Waals surface area contributed by atoms with E-state index in [9.17, 15) is 0 Å². The topological polar surface area (TPSA) is 15.3 Å². The Kier molecular flexibility index (Phi) is 7.34. The Morgan fingerprint density at radius 1 is 1.12 bits per heavy atom. The Morgan fingerprint density at radius 2 is 1.65 bits per heavy atom. The van der Waals surface area contributed by atoms with Gasteiger partial charge in [-0.05, 0) is 38.3 Å². The van der Waals surface area contributed by atoms with Gasteiger partial charge in [0.1, 0.15) is 0 Å². The van der Waals surface area contributed by atoms with Crippen LogP contribution >= 0.6 is 0 Å². The molecule has 0 amide bonds. The fraction of sp³-hybridized carbons (Fsp3) is 1.00. The smallest absolute Gasteiger partial charge is 0.0243 e. The zero-order chi connectivity index (χ0) is 13.6. The maximum Gasteiger partial charge on any atom is 0.0243 e. The third kappa shape index (κ3) is 7.05. The van der Waals surface area contributed by atoms with Crippen LogP contribution in [0.5, 0.6) is 0 Å². The summed E-state index contributed by atoms with van der Waals surface area (Å²) in [5.41, 5.74) is 0.321. The third-order valence-corrected chi connectivity index (χ3v) is 3.53. The van der Waals surface area contributed by atoms with Crippen molar-refractivity contribution in [2.45, 2.75) is 67.0 Å². The molecule has 0 aromatic heterocycles.